The van der Waals surface area contributed by atoms with Crippen LogP contribution in [0.5, 0.6) is 0 Å². The van der Waals surface area contributed by atoms with Crippen LogP contribution in [0.1, 0.15) is 6.42 Å². The van der Waals surface area contributed by atoms with Gasteiger partial charge in [-0.3, -0.25) is 0 Å². The quantitative estimate of drug-likeness (QED) is 0.780. The molecule has 6 heteroatoms. The number of anilines is 2. The summed E-state index contributed by atoms with van der Waals surface area (Å²) >= 11 is 5.78. The van der Waals surface area contributed by atoms with Gasteiger partial charge in [0.05, 0.1) is 5.69 Å². The zero-order valence-electron chi connectivity index (χ0n) is 12.9. The van der Waals surface area contributed by atoms with E-state index in [0.29, 0.717) is 11.6 Å². The molecule has 0 saturated carbocycles. The normalized spacial score (nSPS) is 10.2. The number of hydrogen-bond donors (Lipinski definition) is 2. The Morgan fingerprint density at radius 3 is 2.70 bits per heavy atom. The summed E-state index contributed by atoms with van der Waals surface area (Å²) in [5.41, 5.74) is 1.19. The third-order valence-corrected chi connectivity index (χ3v) is 3.56. The molecule has 2 N–H and O–H groups in total. The number of hydrogen-bond acceptors (Lipinski definition) is 2. The molecule has 0 aliphatic carbocycles. The number of carbonyl (C=O) groups is 1. The molecule has 0 heterocycles. The van der Waals surface area contributed by atoms with Gasteiger partial charge in [-0.1, -0.05) is 29.8 Å². The van der Waals surface area contributed by atoms with Gasteiger partial charge in [-0.2, -0.15) is 0 Å². The summed E-state index contributed by atoms with van der Waals surface area (Å²) in [6.45, 7) is 1.29. The van der Waals surface area contributed by atoms with Crippen LogP contribution in [0.2, 0.25) is 5.02 Å². The van der Waals surface area contributed by atoms with Crippen molar-refractivity contribution in [2.45, 2.75) is 6.42 Å². The summed E-state index contributed by atoms with van der Waals surface area (Å²) in [7, 11) is 2.00. The van der Waals surface area contributed by atoms with Crippen LogP contribution in [0.15, 0.2) is 48.5 Å². The zero-order valence-corrected chi connectivity index (χ0v) is 13.6. The minimum absolute atomic E-state index is 0.0661. The average Bonchev–Trinajstić information content (AvgIpc) is 2.55. The van der Waals surface area contributed by atoms with E-state index >= 15 is 0 Å². The first-order valence-corrected chi connectivity index (χ1v) is 7.70. The molecule has 23 heavy (non-hydrogen) atoms. The molecule has 0 fully saturated rings. The van der Waals surface area contributed by atoms with Crippen LogP contribution in [0.4, 0.5) is 20.6 Å². The van der Waals surface area contributed by atoms with Crippen molar-refractivity contribution in [3.63, 3.8) is 0 Å². The number of halogens is 2. The van der Waals surface area contributed by atoms with Gasteiger partial charge in [0.25, 0.3) is 0 Å². The molecule has 0 aromatic heterocycles. The number of carbonyl (C=O) groups excluding carboxylic acids is 1. The van der Waals surface area contributed by atoms with Crippen molar-refractivity contribution in [3.8, 4) is 0 Å². The maximum absolute atomic E-state index is 13.5. The van der Waals surface area contributed by atoms with E-state index in [9.17, 15) is 9.18 Å². The van der Waals surface area contributed by atoms with Gasteiger partial charge in [-0.05, 0) is 36.8 Å². The molecule has 0 radical (unpaired) electrons. The van der Waals surface area contributed by atoms with E-state index in [4.69, 9.17) is 11.6 Å². The molecule has 0 spiro atoms. The topological polar surface area (TPSA) is 44.4 Å². The molecule has 2 aromatic rings. The van der Waals surface area contributed by atoms with Crippen LogP contribution >= 0.6 is 11.6 Å². The minimum Gasteiger partial charge on any atom is -0.375 e. The predicted molar refractivity (Wildman–Crippen MR) is 92.8 cm³/mol. The van der Waals surface area contributed by atoms with Crippen molar-refractivity contribution in [3.05, 3.63) is 59.4 Å². The van der Waals surface area contributed by atoms with Crippen LogP contribution in [-0.2, 0) is 0 Å². The van der Waals surface area contributed by atoms with Gasteiger partial charge >= 0.3 is 6.03 Å². The van der Waals surface area contributed by atoms with Crippen LogP contribution in [0.25, 0.3) is 0 Å². The standard InChI is InChI=1S/C17H19ClFN3O/c1-22(14-6-3-2-4-7-14)11-5-10-20-17(23)21-16-12-13(18)8-9-15(16)19/h2-4,6-9,12H,5,10-11H2,1H3,(H2,20,21,23). The fourth-order valence-corrected chi connectivity index (χ4v) is 2.26. The molecule has 0 aliphatic heterocycles. The lowest BCUT2D eigenvalue weighted by Gasteiger charge is -2.19. The molecule has 2 amide bonds. The Hall–Kier alpha value is -2.27. The molecule has 0 unspecified atom stereocenters. The lowest BCUT2D eigenvalue weighted by Crippen LogP contribution is -2.31. The number of nitrogens with zero attached hydrogens (tertiary/aromatic N) is 1. The molecular weight excluding hydrogens is 317 g/mol. The molecule has 0 aliphatic rings. The van der Waals surface area contributed by atoms with E-state index in [0.717, 1.165) is 18.7 Å². The first kappa shape index (κ1) is 17.1. The summed E-state index contributed by atoms with van der Waals surface area (Å²) in [5.74, 6) is -0.520. The highest BCUT2D eigenvalue weighted by Gasteiger charge is 2.07. The van der Waals surface area contributed by atoms with Gasteiger partial charge in [0.15, 0.2) is 0 Å². The lowest BCUT2D eigenvalue weighted by atomic mass is 10.3. The van der Waals surface area contributed by atoms with Crippen LogP contribution < -0.4 is 15.5 Å². The maximum Gasteiger partial charge on any atom is 0.319 e. The van der Waals surface area contributed by atoms with Crippen molar-refractivity contribution < 1.29 is 9.18 Å². The largest absolute Gasteiger partial charge is 0.375 e. The Bertz CT molecular complexity index is 652. The Labute approximate surface area is 140 Å². The number of nitrogens with one attached hydrogen (secondary N) is 2. The number of para-hydroxylation sites is 1. The number of rotatable bonds is 6. The van der Waals surface area contributed by atoms with E-state index in [2.05, 4.69) is 15.5 Å². The Kier molecular flexibility index (Phi) is 6.23. The fourth-order valence-electron chi connectivity index (χ4n) is 2.09. The average molecular weight is 336 g/mol. The zero-order chi connectivity index (χ0) is 16.7. The van der Waals surface area contributed by atoms with Crippen molar-refractivity contribution in [2.24, 2.45) is 0 Å². The Morgan fingerprint density at radius 2 is 1.96 bits per heavy atom. The summed E-state index contributed by atoms with van der Waals surface area (Å²) in [6, 6.07) is 13.6. The van der Waals surface area contributed by atoms with Crippen LogP contribution in [-0.4, -0.2) is 26.2 Å². The van der Waals surface area contributed by atoms with Gasteiger partial charge in [0, 0.05) is 30.8 Å². The highest BCUT2D eigenvalue weighted by atomic mass is 35.5. The maximum atomic E-state index is 13.5. The third kappa shape index (κ3) is 5.45. The van der Waals surface area contributed by atoms with Gasteiger partial charge in [0.1, 0.15) is 5.82 Å². The fraction of sp³-hybridized carbons (Fsp3) is 0.235. The second-order valence-electron chi connectivity index (χ2n) is 5.12. The summed E-state index contributed by atoms with van der Waals surface area (Å²) in [4.78, 5) is 13.9. The Balaban J connectivity index is 1.72. The Morgan fingerprint density at radius 1 is 1.22 bits per heavy atom. The van der Waals surface area contributed by atoms with Gasteiger partial charge in [0.2, 0.25) is 0 Å². The molecule has 0 saturated heterocycles. The second-order valence-corrected chi connectivity index (χ2v) is 5.55. The molecular formula is C17H19ClFN3O. The van der Waals surface area contributed by atoms with E-state index < -0.39 is 11.8 Å². The van der Waals surface area contributed by atoms with Crippen LogP contribution in [0.3, 0.4) is 0 Å². The number of urea groups is 1. The highest BCUT2D eigenvalue weighted by Crippen LogP contribution is 2.19. The first-order chi connectivity index (χ1) is 11.1. The SMILES string of the molecule is CN(CCCNC(=O)Nc1cc(Cl)ccc1F)c1ccccc1. The summed E-state index contributed by atoms with van der Waals surface area (Å²) in [6.07, 6.45) is 0.775. The van der Waals surface area contributed by atoms with E-state index in [1.54, 1.807) is 0 Å². The highest BCUT2D eigenvalue weighted by molar-refractivity contribution is 6.30. The van der Waals surface area contributed by atoms with E-state index in [-0.39, 0.29) is 5.69 Å². The molecule has 0 bridgehead atoms. The lowest BCUT2D eigenvalue weighted by molar-refractivity contribution is 0.252. The molecule has 4 nitrogen and oxygen atoms in total. The van der Waals surface area contributed by atoms with Gasteiger partial charge < -0.3 is 15.5 Å². The smallest absolute Gasteiger partial charge is 0.319 e. The monoisotopic (exact) mass is 335 g/mol. The molecule has 2 aromatic carbocycles. The molecule has 122 valence electrons. The van der Waals surface area contributed by atoms with Crippen LogP contribution in [0, 0.1) is 5.82 Å². The van der Waals surface area contributed by atoms with E-state index in [1.165, 1.54) is 18.2 Å². The number of amides is 2. The van der Waals surface area contributed by atoms with Crippen molar-refractivity contribution in [1.82, 2.24) is 5.32 Å². The third-order valence-electron chi connectivity index (χ3n) is 3.33. The first-order valence-electron chi connectivity index (χ1n) is 7.32. The van der Waals surface area contributed by atoms with Crippen molar-refractivity contribution >= 4 is 29.0 Å². The van der Waals surface area contributed by atoms with Crippen molar-refractivity contribution in [2.75, 3.05) is 30.4 Å². The van der Waals surface area contributed by atoms with E-state index in [1.807, 2.05) is 37.4 Å². The predicted octanol–water partition coefficient (Wildman–Crippen LogP) is 4.13. The minimum atomic E-state index is -0.520. The van der Waals surface area contributed by atoms with Gasteiger partial charge in [-0.15, -0.1) is 0 Å². The summed E-state index contributed by atoms with van der Waals surface area (Å²) < 4.78 is 13.5. The van der Waals surface area contributed by atoms with Crippen molar-refractivity contribution in [1.29, 1.82) is 0 Å². The summed E-state index contributed by atoms with van der Waals surface area (Å²) in [5, 5.41) is 5.51. The van der Waals surface area contributed by atoms with Gasteiger partial charge in [-0.25, -0.2) is 9.18 Å². The molecule has 2 rings (SSSR count). The number of benzene rings is 2. The second kappa shape index (κ2) is 8.39. The molecule has 0 atom stereocenters.